The number of benzene rings is 1. The molecule has 2 unspecified atom stereocenters. The van der Waals surface area contributed by atoms with Crippen LogP contribution in [0.5, 0.6) is 0 Å². The van der Waals surface area contributed by atoms with E-state index in [9.17, 15) is 12.6 Å². The first-order chi connectivity index (χ1) is 8.24. The molecule has 1 N–H and O–H groups in total. The van der Waals surface area contributed by atoms with Gasteiger partial charge in [0.2, 0.25) is 10.0 Å². The molecule has 0 fully saturated rings. The molecule has 0 saturated heterocycles. The third-order valence-corrected chi connectivity index (χ3v) is 6.50. The van der Waals surface area contributed by atoms with Crippen LogP contribution >= 0.6 is 31.9 Å². The Bertz CT molecular complexity index is 560. The molecule has 0 spiro atoms. The first kappa shape index (κ1) is 16.3. The van der Waals surface area contributed by atoms with Crippen LogP contribution in [0.15, 0.2) is 32.0 Å². The van der Waals surface area contributed by atoms with Crippen molar-refractivity contribution in [2.45, 2.75) is 17.1 Å². The summed E-state index contributed by atoms with van der Waals surface area (Å²) in [5.74, 6) is 0. The average molecular weight is 419 g/mol. The molecule has 1 aromatic rings. The maximum atomic E-state index is 12.0. The molecular formula is C10H13Br2NO3S2. The molecule has 0 saturated carbocycles. The zero-order valence-electron chi connectivity index (χ0n) is 9.81. The third-order valence-electron chi connectivity index (χ3n) is 2.31. The highest BCUT2D eigenvalue weighted by Crippen LogP contribution is 2.25. The predicted molar refractivity (Wildman–Crippen MR) is 80.6 cm³/mol. The molecule has 0 heterocycles. The van der Waals surface area contributed by atoms with Crippen LogP contribution in [0.25, 0.3) is 0 Å². The summed E-state index contributed by atoms with van der Waals surface area (Å²) >= 11 is 6.47. The zero-order valence-corrected chi connectivity index (χ0v) is 14.6. The van der Waals surface area contributed by atoms with Gasteiger partial charge in [0.25, 0.3) is 0 Å². The predicted octanol–water partition coefficient (Wildman–Crippen LogP) is 2.26. The molecule has 4 nitrogen and oxygen atoms in total. The highest BCUT2D eigenvalue weighted by molar-refractivity contribution is 9.11. The van der Waals surface area contributed by atoms with Crippen LogP contribution in [-0.4, -0.2) is 30.7 Å². The average Bonchev–Trinajstić information content (AvgIpc) is 2.25. The van der Waals surface area contributed by atoms with Crippen molar-refractivity contribution in [3.63, 3.8) is 0 Å². The van der Waals surface area contributed by atoms with Gasteiger partial charge in [0.05, 0.1) is 4.90 Å². The van der Waals surface area contributed by atoms with Gasteiger partial charge in [0, 0.05) is 37.8 Å². The highest BCUT2D eigenvalue weighted by atomic mass is 79.9. The van der Waals surface area contributed by atoms with Gasteiger partial charge < -0.3 is 0 Å². The summed E-state index contributed by atoms with van der Waals surface area (Å²) in [7, 11) is -4.65. The Morgan fingerprint density at radius 1 is 1.39 bits per heavy atom. The number of rotatable bonds is 5. The fourth-order valence-corrected chi connectivity index (χ4v) is 4.41. The molecule has 18 heavy (non-hydrogen) atoms. The van der Waals surface area contributed by atoms with Gasteiger partial charge in [-0.05, 0) is 41.1 Å². The van der Waals surface area contributed by atoms with Gasteiger partial charge in [-0.25, -0.2) is 13.1 Å². The molecular weight excluding hydrogens is 406 g/mol. The second-order valence-electron chi connectivity index (χ2n) is 3.74. The summed E-state index contributed by atoms with van der Waals surface area (Å²) in [6.45, 7) is 1.88. The molecule has 1 rings (SSSR count). The lowest BCUT2D eigenvalue weighted by Gasteiger charge is -2.11. The maximum absolute atomic E-state index is 12.0. The largest absolute Gasteiger partial charge is 0.260 e. The Morgan fingerprint density at radius 3 is 2.50 bits per heavy atom. The number of halogens is 2. The van der Waals surface area contributed by atoms with Gasteiger partial charge in [-0.15, -0.1) is 0 Å². The van der Waals surface area contributed by atoms with Crippen molar-refractivity contribution in [1.29, 1.82) is 0 Å². The smallest absolute Gasteiger partial charge is 0.241 e. The number of hydrogen-bond acceptors (Lipinski definition) is 3. The van der Waals surface area contributed by atoms with Gasteiger partial charge in [0.1, 0.15) is 0 Å². The molecule has 0 aromatic heterocycles. The van der Waals surface area contributed by atoms with E-state index in [0.29, 0.717) is 4.47 Å². The molecule has 0 bridgehead atoms. The Balaban J connectivity index is 2.90. The Morgan fingerprint density at radius 2 is 2.00 bits per heavy atom. The van der Waals surface area contributed by atoms with E-state index < -0.39 is 20.8 Å². The van der Waals surface area contributed by atoms with Crippen LogP contribution in [0.2, 0.25) is 0 Å². The number of hydrogen-bond donors (Lipinski definition) is 1. The van der Waals surface area contributed by atoms with E-state index in [0.717, 1.165) is 4.47 Å². The van der Waals surface area contributed by atoms with Crippen LogP contribution in [0.4, 0.5) is 0 Å². The second kappa shape index (κ2) is 6.60. The third kappa shape index (κ3) is 4.41. The van der Waals surface area contributed by atoms with Crippen LogP contribution in [0.3, 0.4) is 0 Å². The van der Waals surface area contributed by atoms with Crippen LogP contribution in [-0.2, 0) is 20.8 Å². The summed E-state index contributed by atoms with van der Waals surface area (Å²) in [5.41, 5.74) is 0. The summed E-state index contributed by atoms with van der Waals surface area (Å²) < 4.78 is 39.0. The summed E-state index contributed by atoms with van der Waals surface area (Å²) in [5, 5.41) is -0.228. The van der Waals surface area contributed by atoms with Crippen molar-refractivity contribution >= 4 is 52.7 Å². The lowest BCUT2D eigenvalue weighted by atomic mass is 10.4. The fraction of sp³-hybridized carbons (Fsp3) is 0.400. The normalized spacial score (nSPS) is 15.3. The molecule has 8 heteroatoms. The van der Waals surface area contributed by atoms with Crippen molar-refractivity contribution in [3.8, 4) is 0 Å². The summed E-state index contributed by atoms with van der Waals surface area (Å²) in [6, 6.07) is 4.82. The Labute approximate surface area is 126 Å². The summed E-state index contributed by atoms with van der Waals surface area (Å²) in [4.78, 5) is 0.166. The van der Waals surface area contributed by atoms with Crippen LogP contribution in [0.1, 0.15) is 6.92 Å². The van der Waals surface area contributed by atoms with Crippen molar-refractivity contribution < 1.29 is 12.6 Å². The van der Waals surface area contributed by atoms with Gasteiger partial charge in [-0.2, -0.15) is 0 Å². The Hall–Kier alpha value is 0.240. The molecule has 0 aliphatic carbocycles. The van der Waals surface area contributed by atoms with Gasteiger partial charge >= 0.3 is 0 Å². The van der Waals surface area contributed by atoms with E-state index in [2.05, 4.69) is 36.6 Å². The molecule has 0 aliphatic rings. The molecule has 1 aromatic carbocycles. The molecule has 2 atom stereocenters. The van der Waals surface area contributed by atoms with E-state index in [1.165, 1.54) is 6.07 Å². The first-order valence-corrected chi connectivity index (χ1v) is 9.70. The standard InChI is InChI=1S/C10H13Br2NO3S2/c1-7(17(2)14)6-13-18(15,16)10-4-3-8(11)5-9(10)12/h3-5,7,13H,6H2,1-2H3. The minimum atomic E-state index is -3.59. The van der Waals surface area contributed by atoms with Gasteiger partial charge in [0.15, 0.2) is 0 Å². The topological polar surface area (TPSA) is 63.2 Å². The highest BCUT2D eigenvalue weighted by Gasteiger charge is 2.19. The molecule has 0 aliphatic heterocycles. The van der Waals surface area contributed by atoms with E-state index in [-0.39, 0.29) is 16.7 Å². The molecule has 0 radical (unpaired) electrons. The van der Waals surface area contributed by atoms with Crippen molar-refractivity contribution in [2.24, 2.45) is 0 Å². The van der Waals surface area contributed by atoms with Crippen molar-refractivity contribution in [1.82, 2.24) is 4.72 Å². The lowest BCUT2D eigenvalue weighted by molar-refractivity contribution is 0.580. The fourth-order valence-electron chi connectivity index (χ4n) is 1.12. The van der Waals surface area contributed by atoms with Gasteiger partial charge in [-0.3, -0.25) is 4.21 Å². The minimum Gasteiger partial charge on any atom is -0.260 e. The summed E-state index contributed by atoms with van der Waals surface area (Å²) in [6.07, 6.45) is 1.55. The SMILES string of the molecule is CC(CNS(=O)(=O)c1ccc(Br)cc1Br)S(C)=O. The minimum absolute atomic E-state index is 0.147. The first-order valence-electron chi connectivity index (χ1n) is 5.01. The molecule has 102 valence electrons. The maximum Gasteiger partial charge on any atom is 0.241 e. The Kier molecular flexibility index (Phi) is 5.98. The van der Waals surface area contributed by atoms with E-state index in [4.69, 9.17) is 0 Å². The van der Waals surface area contributed by atoms with Gasteiger partial charge in [-0.1, -0.05) is 15.9 Å². The number of sulfonamides is 1. The van der Waals surface area contributed by atoms with E-state index in [1.54, 1.807) is 25.3 Å². The zero-order chi connectivity index (χ0) is 13.9. The monoisotopic (exact) mass is 417 g/mol. The van der Waals surface area contributed by atoms with Crippen molar-refractivity contribution in [3.05, 3.63) is 27.1 Å². The molecule has 0 amide bonds. The van der Waals surface area contributed by atoms with Crippen LogP contribution in [0, 0.1) is 0 Å². The lowest BCUT2D eigenvalue weighted by Crippen LogP contribution is -2.32. The van der Waals surface area contributed by atoms with Crippen LogP contribution < -0.4 is 4.72 Å². The second-order valence-corrected chi connectivity index (χ2v) is 9.04. The van der Waals surface area contributed by atoms with E-state index >= 15 is 0 Å². The van der Waals surface area contributed by atoms with E-state index in [1.807, 2.05) is 0 Å². The number of nitrogens with one attached hydrogen (secondary N) is 1. The van der Waals surface area contributed by atoms with Crippen molar-refractivity contribution in [2.75, 3.05) is 12.8 Å². The quantitative estimate of drug-likeness (QED) is 0.797.